The zero-order valence-corrected chi connectivity index (χ0v) is 11.3. The quantitative estimate of drug-likeness (QED) is 0.794. The van der Waals surface area contributed by atoms with Gasteiger partial charge in [-0.15, -0.1) is 0 Å². The Morgan fingerprint density at radius 1 is 1.37 bits per heavy atom. The van der Waals surface area contributed by atoms with E-state index in [4.69, 9.17) is 4.52 Å². The lowest BCUT2D eigenvalue weighted by molar-refractivity contribution is -0.147. The highest BCUT2D eigenvalue weighted by molar-refractivity contribution is 5.05. The smallest absolute Gasteiger partial charge is 0.360 e. The van der Waals surface area contributed by atoms with Crippen LogP contribution in [0.5, 0.6) is 0 Å². The van der Waals surface area contributed by atoms with Crippen molar-refractivity contribution in [2.45, 2.75) is 39.5 Å². The number of hydrogen-bond acceptors (Lipinski definition) is 4. The number of halogens is 3. The third-order valence-electron chi connectivity index (χ3n) is 2.49. The molecule has 0 amide bonds. The van der Waals surface area contributed by atoms with E-state index in [1.165, 1.54) is 4.90 Å². The van der Waals surface area contributed by atoms with E-state index in [2.05, 4.69) is 10.5 Å². The minimum Gasteiger partial charge on any atom is -0.360 e. The zero-order valence-electron chi connectivity index (χ0n) is 11.3. The molecule has 1 aromatic rings. The molecule has 7 heteroatoms. The molecule has 1 heterocycles. The molecule has 110 valence electrons. The zero-order chi connectivity index (χ0) is 14.3. The standard InChI is InChI=1S/C12H20F3N3O/c1-3-5-18(9-12(13,14)15)8-11-6-10(17-19-11)7-16-4-2/h6,16H,3-5,7-9H2,1-2H3. The van der Waals surface area contributed by atoms with Gasteiger partial charge >= 0.3 is 6.18 Å². The molecule has 1 aromatic heterocycles. The van der Waals surface area contributed by atoms with Crippen LogP contribution < -0.4 is 5.32 Å². The van der Waals surface area contributed by atoms with E-state index >= 15 is 0 Å². The lowest BCUT2D eigenvalue weighted by atomic mass is 10.3. The second-order valence-corrected chi connectivity index (χ2v) is 4.39. The Morgan fingerprint density at radius 3 is 2.68 bits per heavy atom. The van der Waals surface area contributed by atoms with Crippen LogP contribution in [0.15, 0.2) is 10.6 Å². The first-order chi connectivity index (χ1) is 8.94. The van der Waals surface area contributed by atoms with Gasteiger partial charge in [-0.05, 0) is 19.5 Å². The minimum atomic E-state index is -4.19. The normalized spacial score (nSPS) is 12.3. The van der Waals surface area contributed by atoms with E-state index in [1.54, 1.807) is 6.07 Å². The third kappa shape index (κ3) is 6.58. The van der Waals surface area contributed by atoms with Gasteiger partial charge in [-0.25, -0.2) is 0 Å². The molecule has 19 heavy (non-hydrogen) atoms. The molecule has 0 aliphatic rings. The number of hydrogen-bond donors (Lipinski definition) is 1. The maximum atomic E-state index is 12.4. The Bertz CT molecular complexity index is 365. The molecule has 0 radical (unpaired) electrons. The van der Waals surface area contributed by atoms with Crippen molar-refractivity contribution in [2.75, 3.05) is 19.6 Å². The molecule has 0 saturated carbocycles. The lowest BCUT2D eigenvalue weighted by Crippen LogP contribution is -2.34. The summed E-state index contributed by atoms with van der Waals surface area (Å²) in [4.78, 5) is 1.32. The number of alkyl halides is 3. The maximum absolute atomic E-state index is 12.4. The lowest BCUT2D eigenvalue weighted by Gasteiger charge is -2.21. The monoisotopic (exact) mass is 279 g/mol. The van der Waals surface area contributed by atoms with E-state index in [-0.39, 0.29) is 6.54 Å². The number of nitrogens with zero attached hydrogens (tertiary/aromatic N) is 2. The highest BCUT2D eigenvalue weighted by Gasteiger charge is 2.30. The molecule has 0 atom stereocenters. The second kappa shape index (κ2) is 7.49. The second-order valence-electron chi connectivity index (χ2n) is 4.39. The molecular formula is C12H20F3N3O. The highest BCUT2D eigenvalue weighted by atomic mass is 19.4. The van der Waals surface area contributed by atoms with Crippen molar-refractivity contribution >= 4 is 0 Å². The van der Waals surface area contributed by atoms with E-state index in [0.717, 1.165) is 6.54 Å². The molecule has 0 bridgehead atoms. The molecule has 0 fully saturated rings. The molecule has 1 N–H and O–H groups in total. The molecule has 4 nitrogen and oxygen atoms in total. The van der Waals surface area contributed by atoms with Crippen molar-refractivity contribution in [3.8, 4) is 0 Å². The summed E-state index contributed by atoms with van der Waals surface area (Å²) in [6.07, 6.45) is -3.53. The van der Waals surface area contributed by atoms with Crippen LogP contribution in [-0.4, -0.2) is 35.9 Å². The summed E-state index contributed by atoms with van der Waals surface area (Å²) in [5.41, 5.74) is 0.709. The molecule has 0 aromatic carbocycles. The highest BCUT2D eigenvalue weighted by Crippen LogP contribution is 2.18. The van der Waals surface area contributed by atoms with Gasteiger partial charge in [0.2, 0.25) is 0 Å². The Kier molecular flexibility index (Phi) is 6.30. The summed E-state index contributed by atoms with van der Waals surface area (Å²) in [6, 6.07) is 1.70. The van der Waals surface area contributed by atoms with Crippen LogP contribution in [0, 0.1) is 0 Å². The van der Waals surface area contributed by atoms with Crippen LogP contribution in [0.25, 0.3) is 0 Å². The van der Waals surface area contributed by atoms with Crippen molar-refractivity contribution in [3.63, 3.8) is 0 Å². The van der Waals surface area contributed by atoms with E-state index < -0.39 is 12.7 Å². The first-order valence-corrected chi connectivity index (χ1v) is 6.39. The largest absolute Gasteiger partial charge is 0.401 e. The van der Waals surface area contributed by atoms with Gasteiger partial charge in [0, 0.05) is 12.6 Å². The van der Waals surface area contributed by atoms with Gasteiger partial charge in [0.15, 0.2) is 5.76 Å². The maximum Gasteiger partial charge on any atom is 0.401 e. The van der Waals surface area contributed by atoms with Crippen molar-refractivity contribution in [3.05, 3.63) is 17.5 Å². The van der Waals surface area contributed by atoms with Crippen molar-refractivity contribution in [1.82, 2.24) is 15.4 Å². The van der Waals surface area contributed by atoms with Crippen molar-refractivity contribution in [1.29, 1.82) is 0 Å². The van der Waals surface area contributed by atoms with Gasteiger partial charge in [0.05, 0.1) is 18.8 Å². The molecule has 1 rings (SSSR count). The van der Waals surface area contributed by atoms with Gasteiger partial charge in [0.25, 0.3) is 0 Å². The van der Waals surface area contributed by atoms with Gasteiger partial charge in [0.1, 0.15) is 0 Å². The molecule has 0 spiro atoms. The molecule has 0 unspecified atom stereocenters. The average Bonchev–Trinajstić information content (AvgIpc) is 2.72. The fraction of sp³-hybridized carbons (Fsp3) is 0.750. The summed E-state index contributed by atoms with van der Waals surface area (Å²) in [5, 5.41) is 6.90. The molecule has 0 aliphatic carbocycles. The molecule has 0 saturated heterocycles. The fourth-order valence-electron chi connectivity index (χ4n) is 1.77. The van der Waals surface area contributed by atoms with E-state index in [9.17, 15) is 13.2 Å². The summed E-state index contributed by atoms with van der Waals surface area (Å²) >= 11 is 0. The summed E-state index contributed by atoms with van der Waals surface area (Å²) < 4.78 is 42.3. The number of nitrogens with one attached hydrogen (secondary N) is 1. The Morgan fingerprint density at radius 2 is 2.11 bits per heavy atom. The Labute approximate surface area is 110 Å². The molecular weight excluding hydrogens is 259 g/mol. The van der Waals surface area contributed by atoms with Crippen molar-refractivity contribution in [2.24, 2.45) is 0 Å². The van der Waals surface area contributed by atoms with Gasteiger partial charge in [-0.2, -0.15) is 13.2 Å². The van der Waals surface area contributed by atoms with Crippen LogP contribution >= 0.6 is 0 Å². The van der Waals surface area contributed by atoms with Gasteiger partial charge in [-0.1, -0.05) is 19.0 Å². The predicted molar refractivity (Wildman–Crippen MR) is 65.5 cm³/mol. The topological polar surface area (TPSA) is 41.3 Å². The summed E-state index contributed by atoms with van der Waals surface area (Å²) in [5.74, 6) is 0.464. The van der Waals surface area contributed by atoms with Crippen LogP contribution in [0.1, 0.15) is 31.7 Å². The van der Waals surface area contributed by atoms with Crippen LogP contribution in [-0.2, 0) is 13.1 Å². The summed E-state index contributed by atoms with van der Waals surface area (Å²) in [7, 11) is 0. The SMILES string of the molecule is CCCN(Cc1cc(CNCC)no1)CC(F)(F)F. The number of aromatic nitrogens is 1. The minimum absolute atomic E-state index is 0.131. The fourth-order valence-corrected chi connectivity index (χ4v) is 1.77. The van der Waals surface area contributed by atoms with E-state index in [1.807, 2.05) is 13.8 Å². The van der Waals surface area contributed by atoms with E-state index in [0.29, 0.717) is 31.0 Å². The van der Waals surface area contributed by atoms with Gasteiger partial charge in [-0.3, -0.25) is 4.90 Å². The predicted octanol–water partition coefficient (Wildman–Crippen LogP) is 2.56. The Hall–Kier alpha value is -1.08. The third-order valence-corrected chi connectivity index (χ3v) is 2.49. The number of rotatable bonds is 8. The first kappa shape index (κ1) is 16.0. The van der Waals surface area contributed by atoms with Crippen LogP contribution in [0.4, 0.5) is 13.2 Å². The first-order valence-electron chi connectivity index (χ1n) is 6.39. The van der Waals surface area contributed by atoms with Crippen LogP contribution in [0.3, 0.4) is 0 Å². The summed E-state index contributed by atoms with van der Waals surface area (Å²) in [6.45, 7) is 4.76. The Balaban J connectivity index is 2.55. The van der Waals surface area contributed by atoms with Crippen LogP contribution in [0.2, 0.25) is 0 Å². The van der Waals surface area contributed by atoms with Gasteiger partial charge < -0.3 is 9.84 Å². The molecule has 0 aliphatic heterocycles. The van der Waals surface area contributed by atoms with Crippen molar-refractivity contribution < 1.29 is 17.7 Å². The average molecular weight is 279 g/mol.